The number of hydrogen-bond acceptors (Lipinski definition) is 5. The van der Waals surface area contributed by atoms with Crippen LogP contribution in [0, 0.1) is 0 Å². The largest absolute Gasteiger partial charge is 0.450 e. The number of amides is 3. The van der Waals surface area contributed by atoms with Crippen molar-refractivity contribution in [2.24, 2.45) is 0 Å². The van der Waals surface area contributed by atoms with Crippen molar-refractivity contribution in [1.29, 1.82) is 0 Å². The number of carbonyl (C=O) groups is 3. The second-order valence-electron chi connectivity index (χ2n) is 4.96. The van der Waals surface area contributed by atoms with Crippen LogP contribution in [0.2, 0.25) is 0 Å². The lowest BCUT2D eigenvalue weighted by Crippen LogP contribution is -2.56. The molecule has 2 heterocycles. The maximum atomic E-state index is 12.4. The highest BCUT2D eigenvalue weighted by Crippen LogP contribution is 2.13. The average molecular weight is 315 g/mol. The average Bonchev–Trinajstić information content (AvgIpc) is 2.71. The Hall–Kier alpha value is -1.44. The quantitative estimate of drug-likeness (QED) is 0.770. The van der Waals surface area contributed by atoms with Crippen LogP contribution in [0.4, 0.5) is 4.79 Å². The number of thioether (sulfide) groups is 1. The summed E-state index contributed by atoms with van der Waals surface area (Å²) in [5, 5.41) is 2.77. The second kappa shape index (κ2) is 7.53. The van der Waals surface area contributed by atoms with Crippen LogP contribution in [-0.2, 0) is 14.3 Å². The molecule has 0 aromatic heterocycles. The van der Waals surface area contributed by atoms with Crippen molar-refractivity contribution in [2.75, 3.05) is 44.3 Å². The molecule has 2 saturated heterocycles. The van der Waals surface area contributed by atoms with Gasteiger partial charge in [0.05, 0.1) is 6.61 Å². The topological polar surface area (TPSA) is 79.0 Å². The summed E-state index contributed by atoms with van der Waals surface area (Å²) in [4.78, 5) is 38.9. The van der Waals surface area contributed by atoms with Crippen molar-refractivity contribution in [1.82, 2.24) is 15.1 Å². The molecule has 0 aromatic rings. The third kappa shape index (κ3) is 4.26. The lowest BCUT2D eigenvalue weighted by atomic mass is 10.2. The third-order valence-corrected chi connectivity index (χ3v) is 4.57. The summed E-state index contributed by atoms with van der Waals surface area (Å²) >= 11 is 1.62. The Labute approximate surface area is 128 Å². The molecule has 1 atom stereocenters. The first kappa shape index (κ1) is 15.9. The first-order valence-electron chi connectivity index (χ1n) is 7.19. The lowest BCUT2D eigenvalue weighted by Gasteiger charge is -2.35. The van der Waals surface area contributed by atoms with Crippen LogP contribution in [0.25, 0.3) is 0 Å². The van der Waals surface area contributed by atoms with E-state index in [1.165, 1.54) is 0 Å². The van der Waals surface area contributed by atoms with Crippen molar-refractivity contribution >= 4 is 29.7 Å². The van der Waals surface area contributed by atoms with E-state index in [0.717, 1.165) is 5.75 Å². The molecule has 2 aliphatic rings. The minimum Gasteiger partial charge on any atom is -0.450 e. The Kier molecular flexibility index (Phi) is 5.72. The van der Waals surface area contributed by atoms with Crippen LogP contribution < -0.4 is 5.32 Å². The van der Waals surface area contributed by atoms with Crippen LogP contribution in [0.15, 0.2) is 0 Å². The second-order valence-corrected chi connectivity index (χ2v) is 6.11. The number of carbonyl (C=O) groups excluding carboxylic acids is 3. The summed E-state index contributed by atoms with van der Waals surface area (Å²) in [5.41, 5.74) is 0. The van der Waals surface area contributed by atoms with Gasteiger partial charge in [-0.15, -0.1) is 0 Å². The number of nitrogens with zero attached hydrogens (tertiary/aromatic N) is 2. The van der Waals surface area contributed by atoms with Crippen LogP contribution in [0.5, 0.6) is 0 Å². The molecule has 0 bridgehead atoms. The van der Waals surface area contributed by atoms with Crippen LogP contribution in [-0.4, -0.2) is 78.0 Å². The number of ether oxygens (including phenoxy) is 1. The van der Waals surface area contributed by atoms with E-state index in [2.05, 4.69) is 5.32 Å². The molecule has 2 aliphatic heterocycles. The normalized spacial score (nSPS) is 23.3. The molecule has 0 aromatic carbocycles. The van der Waals surface area contributed by atoms with Gasteiger partial charge in [-0.05, 0) is 6.92 Å². The van der Waals surface area contributed by atoms with Crippen LogP contribution in [0.3, 0.4) is 0 Å². The maximum Gasteiger partial charge on any atom is 0.409 e. The Bertz CT molecular complexity index is 410. The van der Waals surface area contributed by atoms with E-state index >= 15 is 0 Å². The zero-order chi connectivity index (χ0) is 15.2. The smallest absolute Gasteiger partial charge is 0.409 e. The van der Waals surface area contributed by atoms with E-state index in [4.69, 9.17) is 4.74 Å². The molecule has 0 unspecified atom stereocenters. The maximum absolute atomic E-state index is 12.4. The molecule has 118 valence electrons. The minimum atomic E-state index is -0.445. The summed E-state index contributed by atoms with van der Waals surface area (Å²) in [7, 11) is 0. The van der Waals surface area contributed by atoms with Gasteiger partial charge in [0.1, 0.15) is 6.04 Å². The summed E-state index contributed by atoms with van der Waals surface area (Å²) in [5.74, 6) is 1.25. The van der Waals surface area contributed by atoms with Gasteiger partial charge in [0.15, 0.2) is 0 Å². The van der Waals surface area contributed by atoms with E-state index in [0.29, 0.717) is 45.0 Å². The molecule has 0 aliphatic carbocycles. The number of hydrogen-bond donors (Lipinski definition) is 1. The molecule has 0 radical (unpaired) electrons. The van der Waals surface area contributed by atoms with Gasteiger partial charge in [-0.3, -0.25) is 9.59 Å². The van der Waals surface area contributed by atoms with Gasteiger partial charge in [-0.25, -0.2) is 4.79 Å². The predicted octanol–water partition coefficient (Wildman–Crippen LogP) is -0.0912. The van der Waals surface area contributed by atoms with Crippen LogP contribution >= 0.6 is 11.8 Å². The Morgan fingerprint density at radius 3 is 2.62 bits per heavy atom. The molecule has 7 nitrogen and oxygen atoms in total. The fraction of sp³-hybridized carbons (Fsp3) is 0.769. The fourth-order valence-corrected chi connectivity index (χ4v) is 3.31. The van der Waals surface area contributed by atoms with Gasteiger partial charge in [0.25, 0.3) is 0 Å². The Morgan fingerprint density at radius 2 is 1.95 bits per heavy atom. The van der Waals surface area contributed by atoms with Crippen molar-refractivity contribution < 1.29 is 19.1 Å². The van der Waals surface area contributed by atoms with E-state index in [1.807, 2.05) is 0 Å². The zero-order valence-electron chi connectivity index (χ0n) is 12.2. The van der Waals surface area contributed by atoms with E-state index in [9.17, 15) is 14.4 Å². The standard InChI is InChI=1S/C13H21N3O4S/c1-2-20-13(19)16-6-4-15(5-7-16)12(18)10-9-21-8-3-11(17)14-10/h10H,2-9H2,1H3,(H,14,17)/t10-/m1/s1. The third-order valence-electron chi connectivity index (χ3n) is 3.51. The molecular formula is C13H21N3O4S. The predicted molar refractivity (Wildman–Crippen MR) is 79.0 cm³/mol. The highest BCUT2D eigenvalue weighted by molar-refractivity contribution is 7.99. The molecule has 2 rings (SSSR count). The molecule has 8 heteroatoms. The Morgan fingerprint density at radius 1 is 1.29 bits per heavy atom. The molecular weight excluding hydrogens is 294 g/mol. The van der Waals surface area contributed by atoms with E-state index < -0.39 is 6.04 Å². The molecule has 2 fully saturated rings. The summed E-state index contributed by atoms with van der Waals surface area (Å²) < 4.78 is 4.95. The summed E-state index contributed by atoms with van der Waals surface area (Å²) in [6.45, 7) is 4.02. The highest BCUT2D eigenvalue weighted by atomic mass is 32.2. The van der Waals surface area contributed by atoms with Gasteiger partial charge >= 0.3 is 6.09 Å². The number of rotatable bonds is 2. The van der Waals surface area contributed by atoms with Crippen molar-refractivity contribution in [2.45, 2.75) is 19.4 Å². The Balaban J connectivity index is 1.85. The van der Waals surface area contributed by atoms with Gasteiger partial charge in [-0.2, -0.15) is 11.8 Å². The molecule has 21 heavy (non-hydrogen) atoms. The molecule has 3 amide bonds. The van der Waals surface area contributed by atoms with Crippen molar-refractivity contribution in [3.63, 3.8) is 0 Å². The summed E-state index contributed by atoms with van der Waals surface area (Å²) in [6.07, 6.45) is 0.133. The first-order valence-corrected chi connectivity index (χ1v) is 8.35. The van der Waals surface area contributed by atoms with Crippen molar-refractivity contribution in [3.8, 4) is 0 Å². The fourth-order valence-electron chi connectivity index (χ4n) is 2.35. The van der Waals surface area contributed by atoms with Crippen LogP contribution in [0.1, 0.15) is 13.3 Å². The molecule has 0 saturated carbocycles. The SMILES string of the molecule is CCOC(=O)N1CCN(C(=O)[C@H]2CSCCC(=O)N2)CC1. The van der Waals surface area contributed by atoms with Gasteiger partial charge in [0, 0.05) is 44.1 Å². The lowest BCUT2D eigenvalue weighted by molar-refractivity contribution is -0.137. The minimum absolute atomic E-state index is 0.0544. The summed E-state index contributed by atoms with van der Waals surface area (Å²) in [6, 6.07) is -0.445. The monoisotopic (exact) mass is 315 g/mol. The van der Waals surface area contributed by atoms with Gasteiger partial charge < -0.3 is 19.9 Å². The number of piperazine rings is 1. The van der Waals surface area contributed by atoms with Crippen molar-refractivity contribution in [3.05, 3.63) is 0 Å². The highest BCUT2D eigenvalue weighted by Gasteiger charge is 2.31. The first-order chi connectivity index (χ1) is 10.1. The zero-order valence-corrected chi connectivity index (χ0v) is 13.0. The van der Waals surface area contributed by atoms with Gasteiger partial charge in [-0.1, -0.05) is 0 Å². The van der Waals surface area contributed by atoms with E-state index in [1.54, 1.807) is 28.5 Å². The number of nitrogens with one attached hydrogen (secondary N) is 1. The van der Waals surface area contributed by atoms with Gasteiger partial charge in [0.2, 0.25) is 11.8 Å². The molecule has 1 N–H and O–H groups in total. The molecule has 0 spiro atoms. The van der Waals surface area contributed by atoms with E-state index in [-0.39, 0.29) is 17.9 Å².